The highest BCUT2D eigenvalue weighted by molar-refractivity contribution is 6.12. The first-order chi connectivity index (χ1) is 23.3. The smallest absolute Gasteiger partial charge is 0.212 e. The van der Waals surface area contributed by atoms with E-state index in [4.69, 9.17) is 0 Å². The van der Waals surface area contributed by atoms with Crippen molar-refractivity contribution in [1.29, 1.82) is 0 Å². The van der Waals surface area contributed by atoms with E-state index in [-0.39, 0.29) is 0 Å². The number of benzene rings is 6. The SMILES string of the molecule is c1ccc(-c2c[n+]3ccccn3c2-n2c3ccccc3c3cc(-c4ccc5c(c4)c4ccccc4n5-c4ccccc4)ccc32)cc1. The summed E-state index contributed by atoms with van der Waals surface area (Å²) in [6.07, 6.45) is 6.46. The maximum atomic E-state index is 2.42. The van der Waals surface area contributed by atoms with Gasteiger partial charge in [-0.15, -0.1) is 4.52 Å². The molecular weight excluding hydrogens is 573 g/mol. The second kappa shape index (κ2) is 10.1. The van der Waals surface area contributed by atoms with Crippen LogP contribution in [0.3, 0.4) is 0 Å². The molecule has 0 spiro atoms. The molecule has 0 saturated carbocycles. The quantitative estimate of drug-likeness (QED) is 0.179. The zero-order chi connectivity index (χ0) is 30.9. The first kappa shape index (κ1) is 25.9. The third kappa shape index (κ3) is 3.85. The zero-order valence-electron chi connectivity index (χ0n) is 25.5. The molecule has 0 amide bonds. The van der Waals surface area contributed by atoms with Gasteiger partial charge in [-0.1, -0.05) is 102 Å². The van der Waals surface area contributed by atoms with Gasteiger partial charge in [0.25, 0.3) is 0 Å². The number of rotatable bonds is 4. The van der Waals surface area contributed by atoms with E-state index in [1.807, 2.05) is 0 Å². The average Bonchev–Trinajstić information content (AvgIpc) is 3.79. The summed E-state index contributed by atoms with van der Waals surface area (Å²) in [5, 5.41) is 4.99. The lowest BCUT2D eigenvalue weighted by Gasteiger charge is -2.09. The van der Waals surface area contributed by atoms with Crippen LogP contribution in [0, 0.1) is 0 Å². The minimum Gasteiger partial charge on any atom is -0.309 e. The fourth-order valence-electron chi connectivity index (χ4n) is 7.45. The summed E-state index contributed by atoms with van der Waals surface area (Å²) in [5.74, 6) is 1.12. The van der Waals surface area contributed by atoms with Crippen molar-refractivity contribution >= 4 is 43.6 Å². The number of para-hydroxylation sites is 3. The van der Waals surface area contributed by atoms with E-state index < -0.39 is 0 Å². The van der Waals surface area contributed by atoms with Crippen molar-refractivity contribution in [2.24, 2.45) is 0 Å². The van der Waals surface area contributed by atoms with Crippen LogP contribution in [0.1, 0.15) is 0 Å². The van der Waals surface area contributed by atoms with E-state index in [0.717, 1.165) is 5.82 Å². The molecular formula is C43H29N4+. The van der Waals surface area contributed by atoms with E-state index in [1.54, 1.807) is 0 Å². The maximum absolute atomic E-state index is 2.42. The molecule has 220 valence electrons. The summed E-state index contributed by atoms with van der Waals surface area (Å²) in [6.45, 7) is 0. The van der Waals surface area contributed by atoms with Gasteiger partial charge >= 0.3 is 0 Å². The van der Waals surface area contributed by atoms with Gasteiger partial charge in [0.1, 0.15) is 0 Å². The number of aromatic nitrogens is 4. The van der Waals surface area contributed by atoms with Crippen molar-refractivity contribution in [2.45, 2.75) is 0 Å². The predicted molar refractivity (Wildman–Crippen MR) is 193 cm³/mol. The van der Waals surface area contributed by atoms with Crippen LogP contribution in [-0.2, 0) is 0 Å². The van der Waals surface area contributed by atoms with Crippen molar-refractivity contribution in [3.8, 4) is 33.8 Å². The predicted octanol–water partition coefficient (Wildman–Crippen LogP) is 10.1. The molecule has 10 rings (SSSR count). The molecule has 0 aliphatic rings. The molecule has 0 saturated heterocycles. The molecule has 0 fully saturated rings. The Balaban J connectivity index is 1.21. The van der Waals surface area contributed by atoms with Crippen LogP contribution in [0.5, 0.6) is 0 Å². The summed E-state index contributed by atoms with van der Waals surface area (Å²) in [7, 11) is 0. The highest BCUT2D eigenvalue weighted by atomic mass is 15.4. The van der Waals surface area contributed by atoms with Gasteiger partial charge in [0, 0.05) is 33.3 Å². The monoisotopic (exact) mass is 601 g/mol. The van der Waals surface area contributed by atoms with Crippen LogP contribution in [0.15, 0.2) is 176 Å². The lowest BCUT2D eigenvalue weighted by atomic mass is 10.0. The lowest BCUT2D eigenvalue weighted by molar-refractivity contribution is -0.617. The van der Waals surface area contributed by atoms with E-state index >= 15 is 0 Å². The van der Waals surface area contributed by atoms with Gasteiger partial charge in [-0.25, -0.2) is 0 Å². The van der Waals surface area contributed by atoms with Crippen molar-refractivity contribution < 1.29 is 4.52 Å². The van der Waals surface area contributed by atoms with Gasteiger partial charge < -0.3 is 4.57 Å². The van der Waals surface area contributed by atoms with Gasteiger partial charge in [0.2, 0.25) is 12.4 Å². The third-order valence-electron chi connectivity index (χ3n) is 9.53. The highest BCUT2D eigenvalue weighted by Gasteiger charge is 2.24. The summed E-state index contributed by atoms with van der Waals surface area (Å²) in [4.78, 5) is 0. The summed E-state index contributed by atoms with van der Waals surface area (Å²) in [6, 6.07) is 56.8. The van der Waals surface area contributed by atoms with Crippen molar-refractivity contribution in [2.75, 3.05) is 0 Å². The Bertz CT molecular complexity index is 2780. The Morgan fingerprint density at radius 2 is 0.957 bits per heavy atom. The Kier molecular flexibility index (Phi) is 5.54. The molecule has 0 N–H and O–H groups in total. The number of nitrogens with zero attached hydrogens (tertiary/aromatic N) is 4. The topological polar surface area (TPSA) is 18.4 Å². The molecule has 0 bridgehead atoms. The van der Waals surface area contributed by atoms with Crippen LogP contribution in [-0.4, -0.2) is 13.6 Å². The van der Waals surface area contributed by atoms with E-state index in [9.17, 15) is 0 Å². The minimum atomic E-state index is 1.12. The highest BCUT2D eigenvalue weighted by Crippen LogP contribution is 2.39. The fourth-order valence-corrected chi connectivity index (χ4v) is 7.45. The first-order valence-corrected chi connectivity index (χ1v) is 16.0. The Morgan fingerprint density at radius 1 is 0.404 bits per heavy atom. The van der Waals surface area contributed by atoms with Crippen LogP contribution >= 0.6 is 0 Å². The number of hydrogen-bond donors (Lipinski definition) is 0. The second-order valence-corrected chi connectivity index (χ2v) is 12.1. The van der Waals surface area contributed by atoms with Gasteiger partial charge in [0.15, 0.2) is 5.82 Å². The first-order valence-electron chi connectivity index (χ1n) is 16.0. The second-order valence-electron chi connectivity index (χ2n) is 12.1. The summed E-state index contributed by atoms with van der Waals surface area (Å²) >= 11 is 0. The third-order valence-corrected chi connectivity index (χ3v) is 9.53. The van der Waals surface area contributed by atoms with Gasteiger partial charge in [0.05, 0.1) is 33.8 Å². The van der Waals surface area contributed by atoms with Crippen LogP contribution in [0.4, 0.5) is 0 Å². The molecule has 0 aliphatic carbocycles. The lowest BCUT2D eigenvalue weighted by Crippen LogP contribution is -2.26. The molecule has 10 aromatic rings. The van der Waals surface area contributed by atoms with E-state index in [1.165, 1.54) is 71.6 Å². The molecule has 0 unspecified atom stereocenters. The molecule has 4 heteroatoms. The van der Waals surface area contributed by atoms with E-state index in [0.29, 0.717) is 0 Å². The zero-order valence-corrected chi connectivity index (χ0v) is 25.5. The number of hydrogen-bond acceptors (Lipinski definition) is 0. The molecule has 47 heavy (non-hydrogen) atoms. The van der Waals surface area contributed by atoms with Crippen molar-refractivity contribution in [3.63, 3.8) is 0 Å². The van der Waals surface area contributed by atoms with Crippen LogP contribution < -0.4 is 4.52 Å². The van der Waals surface area contributed by atoms with Crippen LogP contribution in [0.2, 0.25) is 0 Å². The molecule has 4 heterocycles. The fraction of sp³-hybridized carbons (Fsp3) is 0. The van der Waals surface area contributed by atoms with Crippen molar-refractivity contribution in [3.05, 3.63) is 176 Å². The van der Waals surface area contributed by atoms with E-state index in [2.05, 4.69) is 194 Å². The average molecular weight is 602 g/mol. The van der Waals surface area contributed by atoms with Gasteiger partial charge in [-0.3, -0.25) is 4.57 Å². The van der Waals surface area contributed by atoms with Crippen molar-refractivity contribution in [1.82, 2.24) is 13.6 Å². The summed E-state index contributed by atoms with van der Waals surface area (Å²) in [5.41, 5.74) is 10.7. The molecule has 4 nitrogen and oxygen atoms in total. The largest absolute Gasteiger partial charge is 0.309 e. The Hall–Kier alpha value is -6.39. The van der Waals surface area contributed by atoms with Gasteiger partial charge in [-0.05, 0) is 71.3 Å². The molecule has 0 aliphatic heterocycles. The Labute approximate surface area is 271 Å². The molecule has 0 radical (unpaired) electrons. The molecule has 4 aromatic heterocycles. The van der Waals surface area contributed by atoms with Crippen LogP contribution in [0.25, 0.3) is 77.4 Å². The normalized spacial score (nSPS) is 11.8. The number of fused-ring (bicyclic) bond motifs is 7. The minimum absolute atomic E-state index is 1.12. The summed E-state index contributed by atoms with van der Waals surface area (Å²) < 4.78 is 9.19. The standard InChI is InChI=1S/C43H29N4/c1-3-13-30(14-4-1)38-29-44-25-11-12-26-45(44)43(38)47-40-20-10-8-18-35(40)37-28-32(22-24-42(37)47)31-21-23-41-36(27-31)34-17-7-9-19-39(34)46(41)33-15-5-2-6-16-33/h1-29H/q+1. The molecule has 0 atom stereocenters. The van der Waals surface area contributed by atoms with Gasteiger partial charge in [-0.2, -0.15) is 0 Å². The molecule has 6 aromatic carbocycles. The maximum Gasteiger partial charge on any atom is 0.212 e. The Morgan fingerprint density at radius 3 is 1.64 bits per heavy atom.